The van der Waals surface area contributed by atoms with Gasteiger partial charge in [0.05, 0.1) is 0 Å². The average Bonchev–Trinajstić information content (AvgIpc) is 2.31. The Morgan fingerprint density at radius 1 is 1.33 bits per heavy atom. The summed E-state index contributed by atoms with van der Waals surface area (Å²) in [5.41, 5.74) is -0.398. The first kappa shape index (κ1) is 17.6. The summed E-state index contributed by atoms with van der Waals surface area (Å²) in [6.45, 7) is 4.94. The van der Waals surface area contributed by atoms with Gasteiger partial charge in [-0.25, -0.2) is 4.79 Å². The third kappa shape index (κ3) is 6.20. The van der Waals surface area contributed by atoms with Crippen molar-refractivity contribution in [1.82, 2.24) is 5.32 Å². The number of aliphatic hydroxyl groups is 2. The van der Waals surface area contributed by atoms with Crippen LogP contribution in [0.4, 0.5) is 4.79 Å². The van der Waals surface area contributed by atoms with Crippen LogP contribution in [0, 0.1) is 0 Å². The van der Waals surface area contributed by atoms with Gasteiger partial charge >= 0.3 is 6.09 Å². The maximum Gasteiger partial charge on any atom is 0.407 e. The van der Waals surface area contributed by atoms with Crippen LogP contribution in [0.1, 0.15) is 32.4 Å². The SMILES string of the molecule is CC(C)(C)OC(=O)NCC(O)C(O)c1cc(O)cc(Cl)c1. The van der Waals surface area contributed by atoms with E-state index in [0.717, 1.165) is 0 Å². The summed E-state index contributed by atoms with van der Waals surface area (Å²) >= 11 is 5.76. The van der Waals surface area contributed by atoms with E-state index in [-0.39, 0.29) is 22.9 Å². The standard InChI is InChI=1S/C14H20ClNO5/c1-14(2,3)21-13(20)16-7-11(18)12(19)8-4-9(15)6-10(17)5-8/h4-6,11-12,17-19H,7H2,1-3H3,(H,16,20). The van der Waals surface area contributed by atoms with Crippen molar-refractivity contribution in [1.29, 1.82) is 0 Å². The fraction of sp³-hybridized carbons (Fsp3) is 0.500. The van der Waals surface area contributed by atoms with Gasteiger partial charge in [0.2, 0.25) is 0 Å². The van der Waals surface area contributed by atoms with Gasteiger partial charge in [-0.1, -0.05) is 11.6 Å². The molecule has 1 aromatic carbocycles. The van der Waals surface area contributed by atoms with Gasteiger partial charge in [0.15, 0.2) is 0 Å². The van der Waals surface area contributed by atoms with Gasteiger partial charge in [-0.3, -0.25) is 0 Å². The number of nitrogens with one attached hydrogen (secondary N) is 1. The number of carbonyl (C=O) groups is 1. The van der Waals surface area contributed by atoms with E-state index < -0.39 is 23.9 Å². The Labute approximate surface area is 128 Å². The van der Waals surface area contributed by atoms with Gasteiger partial charge in [0.25, 0.3) is 0 Å². The molecule has 0 bridgehead atoms. The lowest BCUT2D eigenvalue weighted by atomic mass is 10.0. The molecule has 0 spiro atoms. The molecule has 7 heteroatoms. The number of hydrogen-bond donors (Lipinski definition) is 4. The van der Waals surface area contributed by atoms with Crippen LogP contribution in [0.3, 0.4) is 0 Å². The molecular weight excluding hydrogens is 298 g/mol. The lowest BCUT2D eigenvalue weighted by Crippen LogP contribution is -2.38. The normalized spacial score (nSPS) is 14.4. The quantitative estimate of drug-likeness (QED) is 0.680. The number of hydrogen-bond acceptors (Lipinski definition) is 5. The number of carbonyl (C=O) groups excluding carboxylic acids is 1. The minimum Gasteiger partial charge on any atom is -0.508 e. The average molecular weight is 318 g/mol. The van der Waals surface area contributed by atoms with Crippen molar-refractivity contribution in [3.63, 3.8) is 0 Å². The third-order valence-electron chi connectivity index (χ3n) is 2.47. The van der Waals surface area contributed by atoms with Crippen LogP contribution in [0.25, 0.3) is 0 Å². The molecule has 1 aromatic rings. The Morgan fingerprint density at radius 3 is 2.48 bits per heavy atom. The minimum absolute atomic E-state index is 0.121. The Hall–Kier alpha value is -1.50. The van der Waals surface area contributed by atoms with E-state index in [2.05, 4.69) is 5.32 Å². The highest BCUT2D eigenvalue weighted by atomic mass is 35.5. The third-order valence-corrected chi connectivity index (χ3v) is 2.68. The van der Waals surface area contributed by atoms with Crippen LogP contribution in [0.5, 0.6) is 5.75 Å². The summed E-state index contributed by atoms with van der Waals surface area (Å²) in [5.74, 6) is -0.121. The molecule has 21 heavy (non-hydrogen) atoms. The van der Waals surface area contributed by atoms with Crippen LogP contribution in [-0.4, -0.2) is 39.7 Å². The summed E-state index contributed by atoms with van der Waals surface area (Å²) in [4.78, 5) is 11.4. The largest absolute Gasteiger partial charge is 0.508 e. The second-order valence-corrected chi connectivity index (χ2v) is 6.07. The van der Waals surface area contributed by atoms with E-state index in [0.29, 0.717) is 0 Å². The van der Waals surface area contributed by atoms with E-state index in [4.69, 9.17) is 16.3 Å². The highest BCUT2D eigenvalue weighted by Gasteiger charge is 2.22. The van der Waals surface area contributed by atoms with Crippen molar-refractivity contribution < 1.29 is 24.9 Å². The van der Waals surface area contributed by atoms with Crippen LogP contribution in [0.2, 0.25) is 5.02 Å². The van der Waals surface area contributed by atoms with E-state index in [1.807, 2.05) is 0 Å². The van der Waals surface area contributed by atoms with Gasteiger partial charge in [-0.2, -0.15) is 0 Å². The number of amides is 1. The van der Waals surface area contributed by atoms with Gasteiger partial charge in [-0.05, 0) is 44.5 Å². The van der Waals surface area contributed by atoms with E-state index in [9.17, 15) is 20.1 Å². The van der Waals surface area contributed by atoms with Crippen LogP contribution < -0.4 is 5.32 Å². The molecule has 1 amide bonds. The van der Waals surface area contributed by atoms with Crippen molar-refractivity contribution in [2.75, 3.05) is 6.54 Å². The monoisotopic (exact) mass is 317 g/mol. The van der Waals surface area contributed by atoms with Crippen molar-refractivity contribution in [3.05, 3.63) is 28.8 Å². The molecule has 0 fully saturated rings. The molecule has 0 saturated heterocycles. The number of phenols is 1. The molecule has 0 aromatic heterocycles. The predicted molar refractivity (Wildman–Crippen MR) is 78.3 cm³/mol. The van der Waals surface area contributed by atoms with Crippen LogP contribution in [0.15, 0.2) is 18.2 Å². The Balaban J connectivity index is 2.58. The molecule has 0 saturated carbocycles. The van der Waals surface area contributed by atoms with Gasteiger partial charge in [0, 0.05) is 11.6 Å². The Kier molecular flexibility index (Phi) is 5.83. The molecule has 118 valence electrons. The zero-order valence-electron chi connectivity index (χ0n) is 12.1. The van der Waals surface area contributed by atoms with Crippen LogP contribution >= 0.6 is 11.6 Å². The summed E-state index contributed by atoms with van der Waals surface area (Å²) in [5, 5.41) is 31.8. The molecule has 4 N–H and O–H groups in total. The molecule has 0 aliphatic rings. The number of ether oxygens (including phenoxy) is 1. The number of aliphatic hydroxyl groups excluding tert-OH is 2. The second-order valence-electron chi connectivity index (χ2n) is 5.64. The number of halogens is 1. The number of aromatic hydroxyl groups is 1. The number of phenolic OH excluding ortho intramolecular Hbond substituents is 1. The first-order chi connectivity index (χ1) is 9.58. The molecular formula is C14H20ClNO5. The van der Waals surface area contributed by atoms with Crippen molar-refractivity contribution in [2.24, 2.45) is 0 Å². The molecule has 0 aliphatic carbocycles. The summed E-state index contributed by atoms with van der Waals surface area (Å²) in [7, 11) is 0. The molecule has 0 heterocycles. The van der Waals surface area contributed by atoms with E-state index in [1.54, 1.807) is 20.8 Å². The lowest BCUT2D eigenvalue weighted by Gasteiger charge is -2.22. The van der Waals surface area contributed by atoms with Crippen molar-refractivity contribution in [2.45, 2.75) is 38.6 Å². The number of rotatable bonds is 4. The first-order valence-corrected chi connectivity index (χ1v) is 6.79. The zero-order valence-corrected chi connectivity index (χ0v) is 12.9. The molecule has 0 radical (unpaired) electrons. The Bertz CT molecular complexity index is 480. The highest BCUT2D eigenvalue weighted by molar-refractivity contribution is 6.30. The molecule has 0 aliphatic heterocycles. The Morgan fingerprint density at radius 2 is 1.95 bits per heavy atom. The highest BCUT2D eigenvalue weighted by Crippen LogP contribution is 2.25. The fourth-order valence-corrected chi connectivity index (χ4v) is 1.84. The molecule has 1 rings (SSSR count). The minimum atomic E-state index is -1.30. The smallest absolute Gasteiger partial charge is 0.407 e. The van der Waals surface area contributed by atoms with Crippen molar-refractivity contribution >= 4 is 17.7 Å². The van der Waals surface area contributed by atoms with Gasteiger partial charge in [-0.15, -0.1) is 0 Å². The number of benzene rings is 1. The second kappa shape index (κ2) is 6.98. The summed E-state index contributed by atoms with van der Waals surface area (Å²) in [6, 6.07) is 4.01. The number of alkyl carbamates (subject to hydrolysis) is 1. The van der Waals surface area contributed by atoms with E-state index in [1.165, 1.54) is 18.2 Å². The van der Waals surface area contributed by atoms with E-state index >= 15 is 0 Å². The summed E-state index contributed by atoms with van der Waals surface area (Å²) < 4.78 is 5.01. The van der Waals surface area contributed by atoms with Crippen molar-refractivity contribution in [3.8, 4) is 5.75 Å². The zero-order chi connectivity index (χ0) is 16.2. The first-order valence-electron chi connectivity index (χ1n) is 6.41. The van der Waals surface area contributed by atoms with Gasteiger partial charge < -0.3 is 25.4 Å². The molecule has 2 unspecified atom stereocenters. The van der Waals surface area contributed by atoms with Crippen LogP contribution in [-0.2, 0) is 4.74 Å². The molecule has 2 atom stereocenters. The summed E-state index contributed by atoms with van der Waals surface area (Å²) in [6.07, 6.45) is -3.26. The fourth-order valence-electron chi connectivity index (χ4n) is 1.60. The van der Waals surface area contributed by atoms with Gasteiger partial charge in [0.1, 0.15) is 23.6 Å². The maximum absolute atomic E-state index is 11.4. The topological polar surface area (TPSA) is 99.0 Å². The predicted octanol–water partition coefficient (Wildman–Crippen LogP) is 1.96. The molecule has 6 nitrogen and oxygen atoms in total. The lowest BCUT2D eigenvalue weighted by molar-refractivity contribution is 0.0128. The maximum atomic E-state index is 11.4.